The van der Waals surface area contributed by atoms with E-state index in [1.807, 2.05) is 4.90 Å². The Bertz CT molecular complexity index is 491. The van der Waals surface area contributed by atoms with Crippen molar-refractivity contribution in [1.29, 1.82) is 0 Å². The van der Waals surface area contributed by atoms with Gasteiger partial charge in [0, 0.05) is 13.1 Å². The van der Waals surface area contributed by atoms with Gasteiger partial charge in [-0.1, -0.05) is 6.07 Å². The number of methoxy groups -OCH3 is 1. The first-order valence-corrected chi connectivity index (χ1v) is 6.56. The average Bonchev–Trinajstić information content (AvgIpc) is 2.77. The summed E-state index contributed by atoms with van der Waals surface area (Å²) in [7, 11) is 1.55. The number of carbonyl (C=O) groups is 1. The third-order valence-electron chi connectivity index (χ3n) is 3.85. The molecule has 0 spiro atoms. The zero-order chi connectivity index (χ0) is 13.4. The molecule has 2 aliphatic heterocycles. The van der Waals surface area contributed by atoms with Crippen molar-refractivity contribution < 1.29 is 14.3 Å². The van der Waals surface area contributed by atoms with Crippen LogP contribution in [0.3, 0.4) is 0 Å². The second-order valence-electron chi connectivity index (χ2n) is 5.09. The number of anilines is 1. The van der Waals surface area contributed by atoms with Gasteiger partial charge >= 0.3 is 0 Å². The number of hydrogen-bond donors (Lipinski definition) is 1. The Morgan fingerprint density at radius 2 is 2.05 bits per heavy atom. The molecule has 5 nitrogen and oxygen atoms in total. The number of ether oxygens (including phenoxy) is 2. The van der Waals surface area contributed by atoms with E-state index in [-0.39, 0.29) is 18.1 Å². The smallest absolute Gasteiger partial charge is 0.256 e. The Hall–Kier alpha value is -1.75. The minimum Gasteiger partial charge on any atom is -0.495 e. The summed E-state index contributed by atoms with van der Waals surface area (Å²) in [6, 6.07) is 5.30. The molecule has 0 radical (unpaired) electrons. The summed E-state index contributed by atoms with van der Waals surface area (Å²) < 4.78 is 10.9. The lowest BCUT2D eigenvalue weighted by molar-refractivity contribution is -0.0303. The monoisotopic (exact) mass is 262 g/mol. The number of carbonyl (C=O) groups excluding carboxylic acids is 1. The van der Waals surface area contributed by atoms with Crippen molar-refractivity contribution in [3.63, 3.8) is 0 Å². The molecule has 2 heterocycles. The van der Waals surface area contributed by atoms with E-state index in [0.717, 1.165) is 12.8 Å². The van der Waals surface area contributed by atoms with Gasteiger partial charge in [0.2, 0.25) is 0 Å². The number of para-hydroxylation sites is 1. The van der Waals surface area contributed by atoms with Gasteiger partial charge in [-0.25, -0.2) is 0 Å². The maximum absolute atomic E-state index is 12.5. The maximum Gasteiger partial charge on any atom is 0.256 e. The van der Waals surface area contributed by atoms with E-state index in [0.29, 0.717) is 30.1 Å². The number of nitrogen functional groups attached to an aromatic ring is 1. The molecule has 1 aromatic rings. The summed E-state index contributed by atoms with van der Waals surface area (Å²) in [5.74, 6) is 0.513. The minimum absolute atomic E-state index is 0.0309. The molecule has 2 N–H and O–H groups in total. The Morgan fingerprint density at radius 1 is 1.37 bits per heavy atom. The van der Waals surface area contributed by atoms with E-state index < -0.39 is 0 Å². The number of morpholine rings is 1. The average molecular weight is 262 g/mol. The quantitative estimate of drug-likeness (QED) is 0.815. The molecule has 2 unspecified atom stereocenters. The van der Waals surface area contributed by atoms with Crippen LogP contribution in [0.5, 0.6) is 5.75 Å². The van der Waals surface area contributed by atoms with Crippen LogP contribution in [-0.2, 0) is 4.74 Å². The third kappa shape index (κ3) is 2.14. The van der Waals surface area contributed by atoms with Crippen LogP contribution < -0.4 is 10.5 Å². The van der Waals surface area contributed by atoms with Crippen LogP contribution in [0.2, 0.25) is 0 Å². The standard InChI is InChI=1S/C14H18N2O3/c1-18-12-4-2-3-11(13(12)15)14(17)16-7-9-5-6-10(8-16)19-9/h2-4,9-10H,5-8,15H2,1H3. The molecular formula is C14H18N2O3. The van der Waals surface area contributed by atoms with E-state index in [1.54, 1.807) is 25.3 Å². The maximum atomic E-state index is 12.5. The van der Waals surface area contributed by atoms with E-state index in [2.05, 4.69) is 0 Å². The minimum atomic E-state index is -0.0309. The molecule has 2 saturated heterocycles. The summed E-state index contributed by atoms with van der Waals surface area (Å²) in [6.45, 7) is 1.32. The van der Waals surface area contributed by atoms with Crippen molar-refractivity contribution in [2.75, 3.05) is 25.9 Å². The van der Waals surface area contributed by atoms with Crippen molar-refractivity contribution in [1.82, 2.24) is 4.90 Å². The summed E-state index contributed by atoms with van der Waals surface area (Å²) in [5, 5.41) is 0. The largest absolute Gasteiger partial charge is 0.495 e. The second kappa shape index (κ2) is 4.74. The van der Waals surface area contributed by atoms with Gasteiger partial charge in [0.05, 0.1) is 30.6 Å². The lowest BCUT2D eigenvalue weighted by atomic mass is 10.1. The van der Waals surface area contributed by atoms with Crippen molar-refractivity contribution in [2.45, 2.75) is 25.0 Å². The summed E-state index contributed by atoms with van der Waals surface area (Å²) in [6.07, 6.45) is 2.47. The number of rotatable bonds is 2. The number of amides is 1. The molecule has 0 aliphatic carbocycles. The van der Waals surface area contributed by atoms with Crippen LogP contribution in [0.25, 0.3) is 0 Å². The third-order valence-corrected chi connectivity index (χ3v) is 3.85. The fourth-order valence-corrected chi connectivity index (χ4v) is 2.86. The van der Waals surface area contributed by atoms with Crippen molar-refractivity contribution >= 4 is 11.6 Å². The molecule has 0 saturated carbocycles. The zero-order valence-electron chi connectivity index (χ0n) is 11.0. The first-order chi connectivity index (χ1) is 9.19. The van der Waals surface area contributed by atoms with E-state index >= 15 is 0 Å². The van der Waals surface area contributed by atoms with Crippen LogP contribution in [0.4, 0.5) is 5.69 Å². The highest BCUT2D eigenvalue weighted by Gasteiger charge is 2.36. The SMILES string of the molecule is COc1cccc(C(=O)N2CC3CCC(C2)O3)c1N. The topological polar surface area (TPSA) is 64.8 Å². The highest BCUT2D eigenvalue weighted by atomic mass is 16.5. The molecule has 1 aromatic carbocycles. The number of nitrogens with two attached hydrogens (primary N) is 1. The molecule has 19 heavy (non-hydrogen) atoms. The zero-order valence-corrected chi connectivity index (χ0v) is 11.0. The Labute approximate surface area is 112 Å². The lowest BCUT2D eigenvalue weighted by Crippen LogP contribution is -2.46. The highest BCUT2D eigenvalue weighted by Crippen LogP contribution is 2.30. The fourth-order valence-electron chi connectivity index (χ4n) is 2.86. The summed E-state index contributed by atoms with van der Waals surface area (Å²) >= 11 is 0. The molecule has 2 bridgehead atoms. The van der Waals surface area contributed by atoms with Crippen LogP contribution in [0.1, 0.15) is 23.2 Å². The molecule has 5 heteroatoms. The number of nitrogens with zero attached hydrogens (tertiary/aromatic N) is 1. The van der Waals surface area contributed by atoms with E-state index in [1.165, 1.54) is 0 Å². The van der Waals surface area contributed by atoms with Crippen LogP contribution in [-0.4, -0.2) is 43.2 Å². The first-order valence-electron chi connectivity index (χ1n) is 6.56. The Balaban J connectivity index is 1.84. The van der Waals surface area contributed by atoms with E-state index in [4.69, 9.17) is 15.2 Å². The predicted octanol–water partition coefficient (Wildman–Crippen LogP) is 1.28. The van der Waals surface area contributed by atoms with Crippen LogP contribution in [0, 0.1) is 0 Å². The van der Waals surface area contributed by atoms with Crippen LogP contribution >= 0.6 is 0 Å². The first kappa shape index (κ1) is 12.3. The van der Waals surface area contributed by atoms with Gasteiger partial charge in [0.1, 0.15) is 5.75 Å². The van der Waals surface area contributed by atoms with Gasteiger partial charge < -0.3 is 20.1 Å². The van der Waals surface area contributed by atoms with Crippen molar-refractivity contribution in [2.24, 2.45) is 0 Å². The van der Waals surface area contributed by atoms with Crippen molar-refractivity contribution in [3.05, 3.63) is 23.8 Å². The van der Waals surface area contributed by atoms with Crippen LogP contribution in [0.15, 0.2) is 18.2 Å². The molecule has 2 fully saturated rings. The van der Waals surface area contributed by atoms with Gasteiger partial charge in [-0.15, -0.1) is 0 Å². The number of likely N-dealkylation sites (tertiary alicyclic amines) is 1. The van der Waals surface area contributed by atoms with Gasteiger partial charge in [-0.05, 0) is 25.0 Å². The summed E-state index contributed by atoms with van der Waals surface area (Å²) in [5.41, 5.74) is 6.91. The van der Waals surface area contributed by atoms with Gasteiger partial charge in [0.15, 0.2) is 0 Å². The number of fused-ring (bicyclic) bond motifs is 2. The van der Waals surface area contributed by atoms with Crippen molar-refractivity contribution in [3.8, 4) is 5.75 Å². The molecule has 2 atom stereocenters. The second-order valence-corrected chi connectivity index (χ2v) is 5.09. The fraction of sp³-hybridized carbons (Fsp3) is 0.500. The predicted molar refractivity (Wildman–Crippen MR) is 71.2 cm³/mol. The molecular weight excluding hydrogens is 244 g/mol. The van der Waals surface area contributed by atoms with E-state index in [9.17, 15) is 4.79 Å². The molecule has 3 rings (SSSR count). The van der Waals surface area contributed by atoms with Gasteiger partial charge in [-0.2, -0.15) is 0 Å². The molecule has 102 valence electrons. The lowest BCUT2D eigenvalue weighted by Gasteiger charge is -2.32. The Kier molecular flexibility index (Phi) is 3.06. The molecule has 1 amide bonds. The number of benzene rings is 1. The molecule has 0 aromatic heterocycles. The summed E-state index contributed by atoms with van der Waals surface area (Å²) in [4.78, 5) is 14.4. The molecule has 2 aliphatic rings. The Morgan fingerprint density at radius 3 is 2.68 bits per heavy atom. The van der Waals surface area contributed by atoms with Gasteiger partial charge in [-0.3, -0.25) is 4.79 Å². The number of hydrogen-bond acceptors (Lipinski definition) is 4. The van der Waals surface area contributed by atoms with Gasteiger partial charge in [0.25, 0.3) is 5.91 Å². The highest BCUT2D eigenvalue weighted by molar-refractivity contribution is 6.00. The normalized spacial score (nSPS) is 25.4.